The second-order valence-electron chi connectivity index (χ2n) is 8.81. The Morgan fingerprint density at radius 1 is 0.657 bits per heavy atom. The van der Waals surface area contributed by atoms with Crippen molar-refractivity contribution in [2.75, 3.05) is 0 Å². The Labute approximate surface area is 204 Å². The summed E-state index contributed by atoms with van der Waals surface area (Å²) in [5, 5.41) is 4.80. The fourth-order valence-corrected chi connectivity index (χ4v) is 6.53. The fraction of sp³-hybridized carbons (Fsp3) is 0. The number of fused-ring (bicyclic) bond motifs is 8. The van der Waals surface area contributed by atoms with Crippen molar-refractivity contribution in [3.05, 3.63) is 109 Å². The summed E-state index contributed by atoms with van der Waals surface area (Å²) in [5.74, 6) is 0.917. The third-order valence-electron chi connectivity index (χ3n) is 6.87. The van der Waals surface area contributed by atoms with Gasteiger partial charge in [-0.3, -0.25) is 4.57 Å². The molecule has 0 aliphatic heterocycles. The molecule has 0 aliphatic carbocycles. The first kappa shape index (κ1) is 19.0. The highest BCUT2D eigenvalue weighted by atomic mass is 32.1. The number of hydrogen-bond acceptors (Lipinski definition) is 3. The number of benzene rings is 4. The molecule has 8 rings (SSSR count). The SMILES string of the molecule is c1ccc2c(c1)oc1c(-c3ccc(-n4c5ccccc5c5sc6ccccc6c54)nc3)cccc12. The Bertz CT molecular complexity index is 2050. The van der Waals surface area contributed by atoms with E-state index in [9.17, 15) is 0 Å². The summed E-state index contributed by atoms with van der Waals surface area (Å²) in [5.41, 5.74) is 6.32. The lowest BCUT2D eigenvalue weighted by atomic mass is 10.0. The molecule has 0 N–H and O–H groups in total. The second kappa shape index (κ2) is 7.05. The fourth-order valence-electron chi connectivity index (χ4n) is 5.31. The van der Waals surface area contributed by atoms with E-state index >= 15 is 0 Å². The van der Waals surface area contributed by atoms with Gasteiger partial charge in [0.25, 0.3) is 0 Å². The van der Waals surface area contributed by atoms with Gasteiger partial charge in [0, 0.05) is 43.6 Å². The summed E-state index contributed by atoms with van der Waals surface area (Å²) in [6.07, 6.45) is 1.96. The molecule has 0 saturated carbocycles. The lowest BCUT2D eigenvalue weighted by Crippen LogP contribution is -1.97. The maximum absolute atomic E-state index is 6.26. The van der Waals surface area contributed by atoms with Crippen LogP contribution in [0.15, 0.2) is 114 Å². The van der Waals surface area contributed by atoms with Crippen LogP contribution in [0.3, 0.4) is 0 Å². The maximum atomic E-state index is 6.26. The Morgan fingerprint density at radius 3 is 2.31 bits per heavy atom. The molecule has 0 radical (unpaired) electrons. The summed E-state index contributed by atoms with van der Waals surface area (Å²) >= 11 is 1.85. The van der Waals surface area contributed by atoms with E-state index in [0.717, 1.165) is 38.9 Å². The van der Waals surface area contributed by atoms with Gasteiger partial charge >= 0.3 is 0 Å². The predicted octanol–water partition coefficient (Wildman–Crippen LogP) is 8.96. The van der Waals surface area contributed by atoms with Gasteiger partial charge in [-0.1, -0.05) is 72.8 Å². The van der Waals surface area contributed by atoms with Gasteiger partial charge < -0.3 is 4.42 Å². The predicted molar refractivity (Wildman–Crippen MR) is 147 cm³/mol. The number of furan rings is 1. The minimum Gasteiger partial charge on any atom is -0.455 e. The lowest BCUT2D eigenvalue weighted by molar-refractivity contribution is 0.670. The van der Waals surface area contributed by atoms with Crippen LogP contribution in [0.2, 0.25) is 0 Å². The van der Waals surface area contributed by atoms with Crippen LogP contribution >= 0.6 is 11.3 Å². The molecule has 0 bridgehead atoms. The van der Waals surface area contributed by atoms with Crippen molar-refractivity contribution < 1.29 is 4.42 Å². The van der Waals surface area contributed by atoms with E-state index in [1.54, 1.807) is 0 Å². The molecule has 4 aromatic carbocycles. The highest BCUT2D eigenvalue weighted by Crippen LogP contribution is 2.42. The molecule has 0 aliphatic rings. The zero-order chi connectivity index (χ0) is 22.9. The zero-order valence-corrected chi connectivity index (χ0v) is 19.4. The Morgan fingerprint density at radius 2 is 1.43 bits per heavy atom. The van der Waals surface area contributed by atoms with Crippen LogP contribution in [0.4, 0.5) is 0 Å². The zero-order valence-electron chi connectivity index (χ0n) is 18.6. The summed E-state index contributed by atoms with van der Waals surface area (Å²) < 4.78 is 11.2. The first-order valence-corrected chi connectivity index (χ1v) is 12.5. The second-order valence-corrected chi connectivity index (χ2v) is 9.87. The van der Waals surface area contributed by atoms with Gasteiger partial charge in [-0.25, -0.2) is 4.98 Å². The minimum atomic E-state index is 0.904. The first-order chi connectivity index (χ1) is 17.4. The Hall–Kier alpha value is -4.41. The Kier molecular flexibility index (Phi) is 3.82. The number of nitrogens with zero attached hydrogens (tertiary/aromatic N) is 2. The van der Waals surface area contributed by atoms with Gasteiger partial charge in [0.2, 0.25) is 0 Å². The van der Waals surface area contributed by atoms with Crippen LogP contribution in [0.5, 0.6) is 0 Å². The highest BCUT2D eigenvalue weighted by molar-refractivity contribution is 7.26. The summed E-state index contributed by atoms with van der Waals surface area (Å²) in [6, 6.07) is 36.0. The third-order valence-corrected chi connectivity index (χ3v) is 8.07. The summed E-state index contributed by atoms with van der Waals surface area (Å²) in [6.45, 7) is 0. The van der Waals surface area contributed by atoms with Crippen LogP contribution in [0, 0.1) is 0 Å². The van der Waals surface area contributed by atoms with Crippen LogP contribution in [-0.4, -0.2) is 9.55 Å². The van der Waals surface area contributed by atoms with Crippen molar-refractivity contribution in [1.82, 2.24) is 9.55 Å². The maximum Gasteiger partial charge on any atom is 0.143 e. The van der Waals surface area contributed by atoms with E-state index in [1.165, 1.54) is 31.2 Å². The van der Waals surface area contributed by atoms with E-state index in [1.807, 2.05) is 29.7 Å². The molecule has 164 valence electrons. The molecule has 0 saturated heterocycles. The van der Waals surface area contributed by atoms with Crippen molar-refractivity contribution in [3.63, 3.8) is 0 Å². The molecule has 35 heavy (non-hydrogen) atoms. The van der Waals surface area contributed by atoms with E-state index < -0.39 is 0 Å². The first-order valence-electron chi connectivity index (χ1n) is 11.6. The molecular weight excluding hydrogens is 448 g/mol. The number of aromatic nitrogens is 2. The van der Waals surface area contributed by atoms with E-state index in [2.05, 4.69) is 95.6 Å². The molecular formula is C31H18N2OS. The molecule has 8 aromatic rings. The Balaban J connectivity index is 1.35. The van der Waals surface area contributed by atoms with Crippen LogP contribution in [0.25, 0.3) is 70.1 Å². The molecule has 0 amide bonds. The van der Waals surface area contributed by atoms with Crippen molar-refractivity contribution >= 4 is 64.5 Å². The molecule has 0 fully saturated rings. The lowest BCUT2D eigenvalue weighted by Gasteiger charge is -2.08. The van der Waals surface area contributed by atoms with E-state index in [0.29, 0.717) is 0 Å². The molecule has 4 aromatic heterocycles. The molecule has 4 heteroatoms. The van der Waals surface area contributed by atoms with E-state index in [-0.39, 0.29) is 0 Å². The van der Waals surface area contributed by atoms with Gasteiger partial charge in [0.15, 0.2) is 0 Å². The molecule has 0 atom stereocenters. The van der Waals surface area contributed by atoms with Crippen molar-refractivity contribution in [2.45, 2.75) is 0 Å². The van der Waals surface area contributed by atoms with E-state index in [4.69, 9.17) is 9.40 Å². The van der Waals surface area contributed by atoms with Crippen molar-refractivity contribution in [1.29, 1.82) is 0 Å². The quantitative estimate of drug-likeness (QED) is 0.255. The number of pyridine rings is 1. The molecule has 3 nitrogen and oxygen atoms in total. The topological polar surface area (TPSA) is 31.0 Å². The number of rotatable bonds is 2. The largest absolute Gasteiger partial charge is 0.455 e. The van der Waals surface area contributed by atoms with Gasteiger partial charge in [0.1, 0.15) is 17.0 Å². The van der Waals surface area contributed by atoms with Gasteiger partial charge in [-0.2, -0.15) is 0 Å². The smallest absolute Gasteiger partial charge is 0.143 e. The van der Waals surface area contributed by atoms with Crippen molar-refractivity contribution in [3.8, 4) is 16.9 Å². The minimum absolute atomic E-state index is 0.904. The van der Waals surface area contributed by atoms with Gasteiger partial charge in [-0.15, -0.1) is 11.3 Å². The third kappa shape index (κ3) is 2.63. The van der Waals surface area contributed by atoms with Gasteiger partial charge in [-0.05, 0) is 30.3 Å². The molecule has 4 heterocycles. The highest BCUT2D eigenvalue weighted by Gasteiger charge is 2.18. The number of hydrogen-bond donors (Lipinski definition) is 0. The van der Waals surface area contributed by atoms with Gasteiger partial charge in [0.05, 0.1) is 15.7 Å². The normalized spacial score (nSPS) is 12.0. The van der Waals surface area contributed by atoms with Crippen LogP contribution < -0.4 is 0 Å². The average Bonchev–Trinajstić information content (AvgIpc) is 3.58. The molecule has 0 spiro atoms. The number of para-hydroxylation sites is 3. The van der Waals surface area contributed by atoms with Crippen molar-refractivity contribution in [2.24, 2.45) is 0 Å². The number of thiophene rings is 1. The molecule has 0 unspecified atom stereocenters. The standard InChI is InChI=1S/C31H18N2OS/c1-4-13-25-23(9-1)31-29(24-10-3-6-15-27(24)35-31)33(25)28-17-16-19(18-32-28)20-11-7-12-22-21-8-2-5-14-26(21)34-30(20)22/h1-18H. The summed E-state index contributed by atoms with van der Waals surface area (Å²) in [7, 11) is 0. The monoisotopic (exact) mass is 466 g/mol. The van der Waals surface area contributed by atoms with Crippen LogP contribution in [-0.2, 0) is 0 Å². The summed E-state index contributed by atoms with van der Waals surface area (Å²) in [4.78, 5) is 4.97. The average molecular weight is 467 g/mol. The van der Waals surface area contributed by atoms with Crippen LogP contribution in [0.1, 0.15) is 0 Å².